The van der Waals surface area contributed by atoms with Crippen LogP contribution in [-0.2, 0) is 10.7 Å². The summed E-state index contributed by atoms with van der Waals surface area (Å²) in [6.07, 6.45) is -4.46. The van der Waals surface area contributed by atoms with E-state index in [0.717, 1.165) is 6.92 Å². The van der Waals surface area contributed by atoms with Gasteiger partial charge in [0, 0.05) is 11.8 Å². The molecule has 0 aliphatic carbocycles. The molecule has 7 nitrogen and oxygen atoms in total. The Morgan fingerprint density at radius 1 is 1.50 bits per heavy atom. The maximum atomic E-state index is 14.7. The Hall–Kier alpha value is -2.29. The molecule has 0 unspecified atom stereocenters. The standard InChI is InChI=1S/C12H11F3N2O5/c1-3-6(18)7-8(19)11(13,14)12(15,22-7)17-4-5(2)9(20)16-10(17)21/h4,7-8,18-19H,1H2,2H3,(H,16,20,21)/t7-,8-,12+/m1/s1. The predicted molar refractivity (Wildman–Crippen MR) is 66.3 cm³/mol. The summed E-state index contributed by atoms with van der Waals surface area (Å²) in [7, 11) is 0. The molecule has 120 valence electrons. The number of ether oxygens (including phenoxy) is 1. The minimum atomic E-state index is -4.60. The van der Waals surface area contributed by atoms with Crippen molar-refractivity contribution < 1.29 is 28.1 Å². The summed E-state index contributed by atoms with van der Waals surface area (Å²) < 4.78 is 47.0. The van der Waals surface area contributed by atoms with Crippen molar-refractivity contribution >= 4 is 0 Å². The van der Waals surface area contributed by atoms with Crippen LogP contribution in [0, 0.1) is 6.92 Å². The summed E-state index contributed by atoms with van der Waals surface area (Å²) in [5, 5.41) is 18.8. The molecular weight excluding hydrogens is 309 g/mol. The van der Waals surface area contributed by atoms with Crippen LogP contribution >= 0.6 is 0 Å². The van der Waals surface area contributed by atoms with Gasteiger partial charge in [-0.2, -0.15) is 13.2 Å². The van der Waals surface area contributed by atoms with Gasteiger partial charge in [-0.05, 0) is 6.92 Å². The van der Waals surface area contributed by atoms with E-state index < -0.39 is 41.1 Å². The summed E-state index contributed by atoms with van der Waals surface area (Å²) in [5.74, 6) is -9.77. The van der Waals surface area contributed by atoms with Crippen LogP contribution in [0.15, 0.2) is 33.9 Å². The number of halogens is 3. The molecule has 2 rings (SSSR count). The Labute approximate surface area is 120 Å². The quantitative estimate of drug-likeness (QED) is 0.527. The predicted octanol–water partition coefficient (Wildman–Crippen LogP) is 0.0466. The fourth-order valence-corrected chi connectivity index (χ4v) is 1.99. The van der Waals surface area contributed by atoms with E-state index >= 15 is 0 Å². The topological polar surface area (TPSA) is 105 Å². The van der Waals surface area contributed by atoms with Crippen molar-refractivity contribution in [2.24, 2.45) is 0 Å². The summed E-state index contributed by atoms with van der Waals surface area (Å²) in [4.78, 5) is 24.5. The molecule has 1 fully saturated rings. The van der Waals surface area contributed by atoms with Crippen molar-refractivity contribution in [1.82, 2.24) is 9.55 Å². The van der Waals surface area contributed by atoms with Gasteiger partial charge < -0.3 is 14.9 Å². The van der Waals surface area contributed by atoms with Crippen LogP contribution in [-0.4, -0.2) is 37.9 Å². The number of aliphatic hydroxyl groups is 2. The first-order valence-electron chi connectivity index (χ1n) is 5.91. The lowest BCUT2D eigenvalue weighted by atomic mass is 10.1. The Kier molecular flexibility index (Phi) is 3.56. The first-order chi connectivity index (χ1) is 10.1. The van der Waals surface area contributed by atoms with Crippen molar-refractivity contribution in [3.05, 3.63) is 50.7 Å². The zero-order valence-electron chi connectivity index (χ0n) is 11.1. The molecule has 0 aromatic carbocycles. The van der Waals surface area contributed by atoms with Gasteiger partial charge >= 0.3 is 17.6 Å². The number of rotatable bonds is 2. The summed E-state index contributed by atoms with van der Waals surface area (Å²) in [6, 6.07) is 0. The van der Waals surface area contributed by atoms with Gasteiger partial charge in [0.2, 0.25) is 0 Å². The number of H-pyrrole nitrogens is 1. The second kappa shape index (κ2) is 4.87. The molecule has 2 heterocycles. The van der Waals surface area contributed by atoms with E-state index in [2.05, 4.69) is 11.3 Å². The molecule has 0 bridgehead atoms. The van der Waals surface area contributed by atoms with Crippen molar-refractivity contribution in [2.45, 2.75) is 31.0 Å². The lowest BCUT2D eigenvalue weighted by molar-refractivity contribution is -0.295. The molecule has 1 aromatic heterocycles. The lowest BCUT2D eigenvalue weighted by Gasteiger charge is -2.27. The van der Waals surface area contributed by atoms with E-state index in [0.29, 0.717) is 6.20 Å². The van der Waals surface area contributed by atoms with Crippen molar-refractivity contribution in [3.8, 4) is 0 Å². The van der Waals surface area contributed by atoms with Crippen LogP contribution < -0.4 is 11.2 Å². The van der Waals surface area contributed by atoms with E-state index in [4.69, 9.17) is 0 Å². The number of aromatic amines is 1. The Morgan fingerprint density at radius 3 is 2.64 bits per heavy atom. The average Bonchev–Trinajstić information content (AvgIpc) is 2.63. The number of alkyl halides is 3. The molecule has 1 saturated heterocycles. The molecule has 10 heteroatoms. The zero-order valence-corrected chi connectivity index (χ0v) is 11.1. The third-order valence-corrected chi connectivity index (χ3v) is 3.23. The minimum Gasteiger partial charge on any atom is -0.502 e. The normalized spacial score (nSPS) is 30.0. The maximum Gasteiger partial charge on any atom is 0.365 e. The molecule has 0 radical (unpaired) electrons. The van der Waals surface area contributed by atoms with Crippen LogP contribution in [0.5, 0.6) is 0 Å². The third kappa shape index (κ3) is 2.00. The van der Waals surface area contributed by atoms with Gasteiger partial charge in [-0.1, -0.05) is 12.3 Å². The highest BCUT2D eigenvalue weighted by Crippen LogP contribution is 2.49. The Morgan fingerprint density at radius 2 is 2.09 bits per heavy atom. The number of nitrogens with zero attached hydrogens (tertiary/aromatic N) is 1. The molecule has 0 amide bonds. The van der Waals surface area contributed by atoms with Crippen LogP contribution in [0.2, 0.25) is 0 Å². The Balaban J connectivity index is 2.68. The van der Waals surface area contributed by atoms with Gasteiger partial charge in [0.1, 0.15) is 0 Å². The maximum absolute atomic E-state index is 14.7. The SMILES string of the molecule is C=C=C(O)[C@H]1O[C@@](F)(n2cc(C)c(=O)[nH]c2=O)C(F)(F)[C@@H]1O. The van der Waals surface area contributed by atoms with E-state index in [1.165, 1.54) is 0 Å². The van der Waals surface area contributed by atoms with Crippen molar-refractivity contribution in [3.63, 3.8) is 0 Å². The van der Waals surface area contributed by atoms with Crippen molar-refractivity contribution in [2.75, 3.05) is 0 Å². The van der Waals surface area contributed by atoms with Gasteiger partial charge in [-0.25, -0.2) is 9.36 Å². The van der Waals surface area contributed by atoms with Crippen molar-refractivity contribution in [1.29, 1.82) is 0 Å². The minimum absolute atomic E-state index is 0.191. The summed E-state index contributed by atoms with van der Waals surface area (Å²) in [6.45, 7) is 4.12. The number of hydrogen-bond acceptors (Lipinski definition) is 5. The van der Waals surface area contributed by atoms with Crippen LogP contribution in [0.3, 0.4) is 0 Å². The molecule has 22 heavy (non-hydrogen) atoms. The lowest BCUT2D eigenvalue weighted by Crippen LogP contribution is -2.53. The van der Waals surface area contributed by atoms with Gasteiger partial charge in [0.25, 0.3) is 5.56 Å². The largest absolute Gasteiger partial charge is 0.502 e. The molecule has 3 N–H and O–H groups in total. The monoisotopic (exact) mass is 320 g/mol. The number of aromatic nitrogens is 2. The Bertz CT molecular complexity index is 780. The van der Waals surface area contributed by atoms with E-state index in [9.17, 15) is 33.0 Å². The molecule has 0 spiro atoms. The fourth-order valence-electron chi connectivity index (χ4n) is 1.99. The molecule has 1 aromatic rings. The van der Waals surface area contributed by atoms with Gasteiger partial charge in [-0.15, -0.1) is 0 Å². The summed E-state index contributed by atoms with van der Waals surface area (Å²) in [5.41, 5.74) is -0.845. The van der Waals surface area contributed by atoms with Gasteiger partial charge in [0.05, 0.1) is 0 Å². The first kappa shape index (κ1) is 16.1. The number of hydrogen-bond donors (Lipinski definition) is 3. The number of nitrogens with one attached hydrogen (secondary N) is 1. The highest BCUT2D eigenvalue weighted by atomic mass is 19.3. The fraction of sp³-hybridized carbons (Fsp3) is 0.417. The zero-order chi connectivity index (χ0) is 16.9. The van der Waals surface area contributed by atoms with Crippen LogP contribution in [0.25, 0.3) is 0 Å². The van der Waals surface area contributed by atoms with Gasteiger partial charge in [0.15, 0.2) is 18.0 Å². The van der Waals surface area contributed by atoms with E-state index in [1.807, 2.05) is 0 Å². The smallest absolute Gasteiger partial charge is 0.365 e. The second-order valence-corrected chi connectivity index (χ2v) is 4.67. The molecule has 0 saturated carbocycles. The number of aryl methyl sites for hydroxylation is 1. The molecule has 3 atom stereocenters. The molecular formula is C12H11F3N2O5. The van der Waals surface area contributed by atoms with Gasteiger partial charge in [-0.3, -0.25) is 9.78 Å². The third-order valence-electron chi connectivity index (χ3n) is 3.23. The molecule has 1 aliphatic heterocycles. The second-order valence-electron chi connectivity index (χ2n) is 4.67. The average molecular weight is 320 g/mol. The first-order valence-corrected chi connectivity index (χ1v) is 5.91. The highest BCUT2D eigenvalue weighted by molar-refractivity contribution is 5.12. The van der Waals surface area contributed by atoms with E-state index in [1.54, 1.807) is 10.7 Å². The highest BCUT2D eigenvalue weighted by Gasteiger charge is 2.72. The molecule has 1 aliphatic rings. The van der Waals surface area contributed by atoms with Crippen LogP contribution in [0.1, 0.15) is 5.56 Å². The number of aliphatic hydroxyl groups excluding tert-OH is 2. The summed E-state index contributed by atoms with van der Waals surface area (Å²) >= 11 is 0. The van der Waals surface area contributed by atoms with E-state index in [-0.39, 0.29) is 10.1 Å². The van der Waals surface area contributed by atoms with Crippen LogP contribution in [0.4, 0.5) is 13.2 Å².